The third kappa shape index (κ3) is 27.7. The van der Waals surface area contributed by atoms with Crippen LogP contribution in [0.1, 0.15) is 335 Å². The molecule has 652 valence electrons. The largest absolute Gasteiger partial charge is 0.508 e. The van der Waals surface area contributed by atoms with Crippen LogP contribution in [0.3, 0.4) is 0 Å². The average molecular weight is 1710 g/mol. The number of phenolic OH excluding ortho intramolecular Hbond substituents is 6. The Hall–Kier alpha value is -7.12. The summed E-state index contributed by atoms with van der Waals surface area (Å²) in [5, 5.41) is 62.4. The third-order valence-corrected chi connectivity index (χ3v) is 24.8. The van der Waals surface area contributed by atoms with Crippen molar-refractivity contribution in [3.8, 4) is 80.9 Å². The number of hydrogen-bond acceptors (Lipinski definition) is 10. The number of phenols is 6. The van der Waals surface area contributed by atoms with Gasteiger partial charge in [-0.1, -0.05) is 178 Å². The molecule has 0 bridgehead atoms. The average Bonchev–Trinajstić information content (AvgIpc) is 1.57. The van der Waals surface area contributed by atoms with Gasteiger partial charge < -0.3 is 63.8 Å². The Bertz CT molecular complexity index is 4450. The molecule has 2 fully saturated rings. The van der Waals surface area contributed by atoms with Crippen molar-refractivity contribution < 1.29 is 88.1 Å². The fourth-order valence-electron chi connectivity index (χ4n) is 18.7. The van der Waals surface area contributed by atoms with Crippen molar-refractivity contribution in [3.63, 3.8) is 0 Å². The van der Waals surface area contributed by atoms with Gasteiger partial charge in [0.2, 0.25) is 0 Å². The molecule has 7 aliphatic rings. The molecule has 6 N–H and O–H groups in total. The third-order valence-electron chi connectivity index (χ3n) is 24.8. The molecule has 6 radical (unpaired) electrons. The van der Waals surface area contributed by atoms with Gasteiger partial charge in [-0.25, -0.2) is 1.37 Å². The fourth-order valence-corrected chi connectivity index (χ4v) is 18.7. The summed E-state index contributed by atoms with van der Waals surface area (Å²) in [7, 11) is 11.1. The topological polar surface area (TPSA) is 158 Å². The Morgan fingerprint density at radius 1 is 0.567 bits per heavy atom. The minimum absolute atomic E-state index is 0. The molecule has 14 heteroatoms. The Morgan fingerprint density at radius 2 is 1.05 bits per heavy atom. The minimum atomic E-state index is -0.382. The van der Waals surface area contributed by atoms with Crippen LogP contribution in [0.5, 0.6) is 57.5 Å². The molecule has 0 spiro atoms. The molecule has 0 saturated heterocycles. The Morgan fingerprint density at radius 3 is 1.59 bits per heavy atom. The van der Waals surface area contributed by atoms with E-state index >= 15 is 0 Å². The number of aromatic hydroxyl groups is 6. The van der Waals surface area contributed by atoms with Crippen LogP contribution in [-0.4, -0.2) is 63.1 Å². The second-order valence-corrected chi connectivity index (χ2v) is 36.3. The summed E-state index contributed by atoms with van der Waals surface area (Å²) in [5.41, 5.74) is 18.2. The van der Waals surface area contributed by atoms with Crippen molar-refractivity contribution in [1.29, 1.82) is 0 Å². The van der Waals surface area contributed by atoms with Crippen LogP contribution >= 0.6 is 0 Å². The number of unbranched alkanes of at least 4 members (excludes halogenated alkanes) is 6. The molecule has 7 atom stereocenters. The van der Waals surface area contributed by atoms with Gasteiger partial charge in [-0.3, -0.25) is 0 Å². The number of benzene rings is 6. The number of aryl methyl sites for hydroxylation is 6. The first-order valence-corrected chi connectivity index (χ1v) is 43.7. The van der Waals surface area contributed by atoms with E-state index in [4.69, 9.17) is 20.3 Å². The number of allylic oxidation sites excluding steroid dienone is 8. The van der Waals surface area contributed by atoms with Gasteiger partial charge in [0.25, 0.3) is 0 Å². The second-order valence-electron chi connectivity index (χ2n) is 36.3. The molecule has 3 aliphatic carbocycles. The molecule has 4 aliphatic heterocycles. The number of ether oxygens (including phenoxy) is 4. The van der Waals surface area contributed by atoms with Gasteiger partial charge in [-0.2, -0.15) is 13.7 Å². The summed E-state index contributed by atoms with van der Waals surface area (Å²) in [5.74, 6) is 9.68. The second kappa shape index (κ2) is 48.8. The van der Waals surface area contributed by atoms with Crippen molar-refractivity contribution in [2.75, 3.05) is 0 Å². The SMILES string of the molecule is C.CCCCCc1cc(O)c(C/C=C(\C)CCC=C(C)C)c(O)c1.CCCCCc1cc(O)c2c(c1)OC(C)(CCC=C(C)C)C=C2.CCCCCc1cc(O)c2c(c1)OC1(C)CCC3C1C2C3(C)C.CCCc1cc(O)c2c(c1)OC(C)(C)C1CCC(C)=CC21.CCCc1cc(O)c2c(c1)OC(C)(C)c1ccc(C)cc1-2.[3H][CH2-].[B]C#C.[B][CH2-].[V].[V]. The van der Waals surface area contributed by atoms with Gasteiger partial charge in [0.05, 0.1) is 11.1 Å². The van der Waals surface area contributed by atoms with Gasteiger partial charge in [0.1, 0.15) is 79.9 Å². The summed E-state index contributed by atoms with van der Waals surface area (Å²) in [6, 6.07) is 26.2. The van der Waals surface area contributed by atoms with E-state index in [9.17, 15) is 30.6 Å². The zero-order chi connectivity index (χ0) is 87.6. The molecular weight excluding hydrogens is 1560 g/mol. The van der Waals surface area contributed by atoms with Crippen LogP contribution < -0.4 is 18.9 Å². The number of terminal acetylenes is 1. The predicted molar refractivity (Wildman–Crippen MR) is 501 cm³/mol. The van der Waals surface area contributed by atoms with Gasteiger partial charge in [-0.05, 0) is 317 Å². The first-order chi connectivity index (χ1) is 56.0. The fraction of sp³-hybridized carbons (Fsp3) is 0.528. The van der Waals surface area contributed by atoms with Gasteiger partial charge in [-0.15, -0.1) is 6.42 Å². The van der Waals surface area contributed by atoms with Crippen LogP contribution in [0.4, 0.5) is 0 Å². The Labute approximate surface area is 756 Å². The molecule has 13 rings (SSSR count). The van der Waals surface area contributed by atoms with Crippen LogP contribution in [0.2, 0.25) is 0 Å². The molecule has 6 aromatic rings. The molecule has 4 heterocycles. The van der Waals surface area contributed by atoms with E-state index in [1.807, 2.05) is 30.3 Å². The predicted octanol–water partition coefficient (Wildman–Crippen LogP) is 28.2. The standard InChI is InChI=1S/2C21H30O2.C21H32O2.C19H26O2.C19H22O2.C2HB.CH2B.CH4.CH3.2V/c1-5-6-7-8-13-11-15(22)17-16(12-13)23-21(4)10-9-14-18(21)19(17)20(14,2)3;1-5-6-7-10-17-14-19(22)18-11-13-21(4,23-20(18)15-17)12-8-9-16(2)3;1-5-6-7-11-18-14-20(22)19(21(23)15-18)13-12-17(4)10-8-9-16(2)3;2*1-5-6-13-10-16(20)18-14-9-12(2)7-8-15(14)19(3,4)21-17(18)11-13;1-2-3;1-2;;;;/h11-12,14,18-19,22H,5-10H2,1-4H3;9,11,13-15,22H,5-8,10,12H2,1-4H3;9,12,14-15,22-23H,5-8,10-11,13H2,1-4H3;9-11,14-15,20H,5-8H2,1-4H3;7-11,20H,5-6H2,1-4H3;1H;1H2;1H4;1H3;;/q;;;;;;-1;;-1;;/b;;17-12+;;;;;;;;/i;;;;;;;;1T;;. The smallest absolute Gasteiger partial charge is 0.187 e. The van der Waals surface area contributed by atoms with E-state index in [0.717, 1.165) is 182 Å². The van der Waals surface area contributed by atoms with E-state index in [1.54, 1.807) is 18.0 Å². The first kappa shape index (κ1) is 105. The summed E-state index contributed by atoms with van der Waals surface area (Å²) in [4.78, 5) is 0. The van der Waals surface area contributed by atoms with Crippen molar-refractivity contribution in [3.05, 3.63) is 207 Å². The van der Waals surface area contributed by atoms with Crippen LogP contribution in [-0.2, 0) is 81.2 Å². The maximum Gasteiger partial charge on any atom is 0.187 e. The zero-order valence-electron chi connectivity index (χ0n) is 77.4. The monoisotopic (exact) mass is 1710 g/mol. The summed E-state index contributed by atoms with van der Waals surface area (Å²) in [6.07, 6.45) is 44.3. The van der Waals surface area contributed by atoms with E-state index in [1.165, 1.54) is 90.3 Å². The van der Waals surface area contributed by atoms with Gasteiger partial charge in [0, 0.05) is 83.0 Å². The molecular formula is C106H150B2O10V2-2. The van der Waals surface area contributed by atoms with Crippen molar-refractivity contribution in [1.82, 2.24) is 0 Å². The summed E-state index contributed by atoms with van der Waals surface area (Å²) < 4.78 is 30.8. The van der Waals surface area contributed by atoms with E-state index < -0.39 is 0 Å². The van der Waals surface area contributed by atoms with Crippen LogP contribution in [0, 0.1) is 56.6 Å². The number of hydrogen-bond donors (Lipinski definition) is 6. The van der Waals surface area contributed by atoms with E-state index in [-0.39, 0.29) is 89.8 Å². The van der Waals surface area contributed by atoms with Crippen LogP contribution in [0.25, 0.3) is 17.2 Å². The molecule has 10 nitrogen and oxygen atoms in total. The molecule has 2 saturated carbocycles. The quantitative estimate of drug-likeness (QED) is 0.0113. The number of rotatable bonds is 24. The van der Waals surface area contributed by atoms with Gasteiger partial charge >= 0.3 is 0 Å². The normalized spacial score (nSPS) is 20.2. The summed E-state index contributed by atoms with van der Waals surface area (Å²) >= 11 is 0. The maximum absolute atomic E-state index is 10.7. The van der Waals surface area contributed by atoms with Crippen molar-refractivity contribution >= 4 is 21.8 Å². The minimum Gasteiger partial charge on any atom is -0.508 e. The first-order valence-electron chi connectivity index (χ1n) is 44.4. The maximum atomic E-state index is 10.7. The zero-order valence-corrected chi connectivity index (χ0v) is 79.2. The summed E-state index contributed by atoms with van der Waals surface area (Å²) in [6.45, 7) is 46.2. The van der Waals surface area contributed by atoms with E-state index in [0.29, 0.717) is 52.7 Å². The van der Waals surface area contributed by atoms with Crippen molar-refractivity contribution in [2.45, 2.75) is 341 Å². The van der Waals surface area contributed by atoms with Crippen molar-refractivity contribution in [2.24, 2.45) is 23.2 Å². The molecule has 0 aromatic heterocycles. The Balaban J connectivity index is 0.000000381. The molecule has 0 amide bonds. The van der Waals surface area contributed by atoms with Gasteiger partial charge in [0.15, 0.2) is 7.85 Å². The molecule has 7 unspecified atom stereocenters. The van der Waals surface area contributed by atoms with E-state index in [2.05, 4.69) is 248 Å². The Kier molecular flexibility index (Phi) is 42.8. The molecule has 120 heavy (non-hydrogen) atoms. The number of fused-ring (bicyclic) bond motifs is 9. The van der Waals surface area contributed by atoms with Crippen LogP contribution in [0.15, 0.2) is 132 Å². The molecule has 6 aromatic carbocycles.